The lowest BCUT2D eigenvalue weighted by Crippen LogP contribution is -2.05. The Bertz CT molecular complexity index is 379. The number of ketones is 1. The van der Waals surface area contributed by atoms with Crippen LogP contribution in [-0.2, 0) is 0 Å². The summed E-state index contributed by atoms with van der Waals surface area (Å²) in [6, 6.07) is 5.30. The van der Waals surface area contributed by atoms with Crippen LogP contribution in [0, 0.1) is 17.2 Å². The van der Waals surface area contributed by atoms with Crippen molar-refractivity contribution in [1.29, 1.82) is 5.26 Å². The first-order chi connectivity index (χ1) is 7.17. The highest BCUT2D eigenvalue weighted by Crippen LogP contribution is 2.11. The smallest absolute Gasteiger partial charge is 0.212 e. The average molecular weight is 204 g/mol. The number of rotatable bonds is 4. The van der Waals surface area contributed by atoms with Crippen LogP contribution in [0.2, 0.25) is 0 Å². The van der Waals surface area contributed by atoms with E-state index in [4.69, 9.17) is 10.00 Å². The van der Waals surface area contributed by atoms with E-state index in [2.05, 4.69) is 4.98 Å². The number of Topliss-reactive ketones (excluding diaryl/α,β-unsaturated/α-hetero) is 1. The van der Waals surface area contributed by atoms with E-state index >= 15 is 0 Å². The highest BCUT2D eigenvalue weighted by atomic mass is 16.5. The van der Waals surface area contributed by atoms with Crippen molar-refractivity contribution in [2.45, 2.75) is 13.3 Å². The quantitative estimate of drug-likeness (QED) is 0.702. The number of carbonyl (C=O) groups is 1. The number of nitrogens with zero attached hydrogens (tertiary/aromatic N) is 2. The van der Waals surface area contributed by atoms with E-state index in [1.54, 1.807) is 19.1 Å². The first-order valence-corrected chi connectivity index (χ1v) is 4.60. The fraction of sp³-hybridized carbons (Fsp3) is 0.364. The van der Waals surface area contributed by atoms with Crippen molar-refractivity contribution in [3.63, 3.8) is 0 Å². The van der Waals surface area contributed by atoms with Gasteiger partial charge in [-0.15, -0.1) is 0 Å². The van der Waals surface area contributed by atoms with Gasteiger partial charge in [0.25, 0.3) is 0 Å². The Kier molecular flexibility index (Phi) is 3.81. The third-order valence-electron chi connectivity index (χ3n) is 1.98. The number of methoxy groups -OCH3 is 1. The fourth-order valence-corrected chi connectivity index (χ4v) is 1.11. The van der Waals surface area contributed by atoms with Gasteiger partial charge < -0.3 is 4.74 Å². The van der Waals surface area contributed by atoms with Gasteiger partial charge in [-0.1, -0.05) is 0 Å². The summed E-state index contributed by atoms with van der Waals surface area (Å²) in [4.78, 5) is 15.5. The topological polar surface area (TPSA) is 63.0 Å². The molecule has 0 saturated carbocycles. The van der Waals surface area contributed by atoms with E-state index in [0.717, 1.165) is 0 Å². The van der Waals surface area contributed by atoms with Crippen LogP contribution in [0.5, 0.6) is 5.88 Å². The monoisotopic (exact) mass is 204 g/mol. The predicted octanol–water partition coefficient (Wildman–Crippen LogP) is 1.82. The molecular weight excluding hydrogens is 192 g/mol. The normalized spacial score (nSPS) is 11.5. The van der Waals surface area contributed by atoms with Crippen LogP contribution >= 0.6 is 0 Å². The molecule has 0 aliphatic carbocycles. The molecule has 0 fully saturated rings. The molecule has 1 atom stereocenters. The molecule has 0 aromatic carbocycles. The zero-order chi connectivity index (χ0) is 11.3. The van der Waals surface area contributed by atoms with Crippen LogP contribution in [-0.4, -0.2) is 17.9 Å². The van der Waals surface area contributed by atoms with E-state index in [1.165, 1.54) is 13.3 Å². The van der Waals surface area contributed by atoms with Gasteiger partial charge in [0, 0.05) is 24.2 Å². The van der Waals surface area contributed by atoms with Crippen LogP contribution in [0.15, 0.2) is 18.3 Å². The Morgan fingerprint density at radius 3 is 2.87 bits per heavy atom. The number of ether oxygens (including phenoxy) is 1. The first kappa shape index (κ1) is 11.2. The molecule has 0 saturated heterocycles. The van der Waals surface area contributed by atoms with E-state index in [-0.39, 0.29) is 18.1 Å². The molecule has 15 heavy (non-hydrogen) atoms. The molecule has 1 rings (SSSR count). The van der Waals surface area contributed by atoms with Crippen molar-refractivity contribution >= 4 is 5.78 Å². The molecular formula is C11H12N2O2. The lowest BCUT2D eigenvalue weighted by Gasteiger charge is -2.02. The standard InChI is InChI=1S/C11H12N2O2/c1-8(6-12)5-10(14)9-3-4-11(15-2)13-7-9/h3-4,7-8H,5H2,1-2H3. The molecule has 4 heteroatoms. The van der Waals surface area contributed by atoms with Gasteiger partial charge >= 0.3 is 0 Å². The van der Waals surface area contributed by atoms with Crippen LogP contribution in [0.1, 0.15) is 23.7 Å². The lowest BCUT2D eigenvalue weighted by molar-refractivity contribution is 0.0972. The number of carbonyl (C=O) groups excluding carboxylic acids is 1. The van der Waals surface area contributed by atoms with E-state index < -0.39 is 0 Å². The summed E-state index contributed by atoms with van der Waals surface area (Å²) in [5.41, 5.74) is 0.512. The number of hydrogen-bond acceptors (Lipinski definition) is 4. The second-order valence-corrected chi connectivity index (χ2v) is 3.25. The van der Waals surface area contributed by atoms with Crippen LogP contribution in [0.4, 0.5) is 0 Å². The lowest BCUT2D eigenvalue weighted by atomic mass is 10.0. The number of hydrogen-bond donors (Lipinski definition) is 0. The molecule has 1 aromatic rings. The molecule has 1 unspecified atom stereocenters. The minimum absolute atomic E-state index is 0.0702. The first-order valence-electron chi connectivity index (χ1n) is 4.60. The maximum absolute atomic E-state index is 11.6. The Labute approximate surface area is 88.5 Å². The van der Waals surface area contributed by atoms with Gasteiger partial charge in [0.1, 0.15) is 0 Å². The molecule has 0 radical (unpaired) electrons. The Balaban J connectivity index is 2.71. The van der Waals surface area contributed by atoms with Gasteiger partial charge in [0.15, 0.2) is 5.78 Å². The summed E-state index contributed by atoms with van der Waals surface area (Å²) in [6.07, 6.45) is 1.69. The largest absolute Gasteiger partial charge is 0.481 e. The van der Waals surface area contributed by atoms with Crippen molar-refractivity contribution in [3.8, 4) is 11.9 Å². The molecule has 0 spiro atoms. The second kappa shape index (κ2) is 5.11. The Morgan fingerprint density at radius 1 is 1.67 bits per heavy atom. The molecule has 78 valence electrons. The van der Waals surface area contributed by atoms with Gasteiger partial charge in [-0.2, -0.15) is 5.26 Å². The third kappa shape index (κ3) is 3.06. The number of nitriles is 1. The summed E-state index contributed by atoms with van der Waals surface area (Å²) in [5.74, 6) is 0.138. The van der Waals surface area contributed by atoms with Crippen LogP contribution < -0.4 is 4.74 Å². The maximum Gasteiger partial charge on any atom is 0.212 e. The Morgan fingerprint density at radius 2 is 2.40 bits per heavy atom. The summed E-state index contributed by atoms with van der Waals surface area (Å²) < 4.78 is 4.88. The minimum atomic E-state index is -0.264. The zero-order valence-corrected chi connectivity index (χ0v) is 8.73. The van der Waals surface area contributed by atoms with Gasteiger partial charge in [-0.05, 0) is 13.0 Å². The van der Waals surface area contributed by atoms with Crippen molar-refractivity contribution in [3.05, 3.63) is 23.9 Å². The third-order valence-corrected chi connectivity index (χ3v) is 1.98. The van der Waals surface area contributed by atoms with Crippen molar-refractivity contribution in [2.75, 3.05) is 7.11 Å². The molecule has 1 heterocycles. The SMILES string of the molecule is COc1ccc(C(=O)CC(C)C#N)cn1. The molecule has 0 aliphatic rings. The van der Waals surface area contributed by atoms with Crippen LogP contribution in [0.25, 0.3) is 0 Å². The number of pyridine rings is 1. The van der Waals surface area contributed by atoms with Crippen LogP contribution in [0.3, 0.4) is 0 Å². The molecule has 0 aliphatic heterocycles. The predicted molar refractivity (Wildman–Crippen MR) is 54.5 cm³/mol. The zero-order valence-electron chi connectivity index (χ0n) is 8.73. The van der Waals surface area contributed by atoms with Gasteiger partial charge in [0.05, 0.1) is 19.1 Å². The van der Waals surface area contributed by atoms with Gasteiger partial charge in [-0.3, -0.25) is 4.79 Å². The molecule has 1 aromatic heterocycles. The minimum Gasteiger partial charge on any atom is -0.481 e. The van der Waals surface area contributed by atoms with E-state index in [9.17, 15) is 4.79 Å². The summed E-state index contributed by atoms with van der Waals surface area (Å²) in [7, 11) is 1.52. The molecule has 0 amide bonds. The van der Waals surface area contributed by atoms with Crippen molar-refractivity contribution in [1.82, 2.24) is 4.98 Å². The Hall–Kier alpha value is -1.89. The molecule has 0 bridgehead atoms. The van der Waals surface area contributed by atoms with E-state index in [1.807, 2.05) is 6.07 Å². The summed E-state index contributed by atoms with van der Waals surface area (Å²) in [5, 5.41) is 8.57. The number of aromatic nitrogens is 1. The highest BCUT2D eigenvalue weighted by molar-refractivity contribution is 5.96. The second-order valence-electron chi connectivity index (χ2n) is 3.25. The fourth-order valence-electron chi connectivity index (χ4n) is 1.11. The maximum atomic E-state index is 11.6. The molecule has 0 N–H and O–H groups in total. The van der Waals surface area contributed by atoms with E-state index in [0.29, 0.717) is 11.4 Å². The van der Waals surface area contributed by atoms with Crippen molar-refractivity contribution < 1.29 is 9.53 Å². The highest BCUT2D eigenvalue weighted by Gasteiger charge is 2.10. The van der Waals surface area contributed by atoms with Gasteiger partial charge in [-0.25, -0.2) is 4.98 Å². The molecule has 4 nitrogen and oxygen atoms in total. The average Bonchev–Trinajstić information content (AvgIpc) is 2.29. The summed E-state index contributed by atoms with van der Waals surface area (Å²) in [6.45, 7) is 1.72. The summed E-state index contributed by atoms with van der Waals surface area (Å²) >= 11 is 0. The van der Waals surface area contributed by atoms with Gasteiger partial charge in [0.2, 0.25) is 5.88 Å². The van der Waals surface area contributed by atoms with Crippen molar-refractivity contribution in [2.24, 2.45) is 5.92 Å².